The molecule has 6 nitrogen and oxygen atoms in total. The number of hydrogen-bond donors (Lipinski definition) is 0. The summed E-state index contributed by atoms with van der Waals surface area (Å²) < 4.78 is 10.6. The first-order valence-corrected chi connectivity index (χ1v) is 9.16. The second kappa shape index (κ2) is 6.85. The van der Waals surface area contributed by atoms with Gasteiger partial charge >= 0.3 is 0 Å². The van der Waals surface area contributed by atoms with E-state index in [4.69, 9.17) is 14.2 Å². The molecule has 27 heavy (non-hydrogen) atoms. The van der Waals surface area contributed by atoms with Gasteiger partial charge in [-0.1, -0.05) is 5.16 Å². The fourth-order valence-electron chi connectivity index (χ4n) is 2.76. The van der Waals surface area contributed by atoms with Gasteiger partial charge < -0.3 is 14.2 Å². The Hall–Kier alpha value is -3.19. The molecule has 0 spiro atoms. The van der Waals surface area contributed by atoms with Crippen LogP contribution in [0, 0.1) is 0 Å². The van der Waals surface area contributed by atoms with Crippen LogP contribution >= 0.6 is 11.3 Å². The van der Waals surface area contributed by atoms with Gasteiger partial charge in [0.25, 0.3) is 5.91 Å². The first-order valence-electron chi connectivity index (χ1n) is 8.28. The summed E-state index contributed by atoms with van der Waals surface area (Å²) in [6.45, 7) is 0. The number of benzene rings is 2. The molecule has 4 rings (SSSR count). The predicted molar refractivity (Wildman–Crippen MR) is 105 cm³/mol. The summed E-state index contributed by atoms with van der Waals surface area (Å²) in [6, 6.07) is 13.0. The van der Waals surface area contributed by atoms with Crippen molar-refractivity contribution in [1.29, 1.82) is 0 Å². The highest BCUT2D eigenvalue weighted by atomic mass is 32.1. The molecule has 1 amide bonds. The maximum Gasteiger partial charge on any atom is 0.253 e. The molecule has 136 valence electrons. The minimum atomic E-state index is -0.0683. The normalized spacial score (nSPS) is 10.9. The zero-order chi connectivity index (χ0) is 19.0. The molecule has 0 aliphatic carbocycles. The third-order valence-corrected chi connectivity index (χ3v) is 5.10. The Bertz CT molecular complexity index is 1110. The van der Waals surface area contributed by atoms with Gasteiger partial charge in [0.15, 0.2) is 5.58 Å². The molecule has 4 aromatic rings. The van der Waals surface area contributed by atoms with E-state index in [1.54, 1.807) is 44.3 Å². The molecule has 2 aromatic carbocycles. The van der Waals surface area contributed by atoms with Crippen LogP contribution in [0.1, 0.15) is 10.4 Å². The lowest BCUT2D eigenvalue weighted by atomic mass is 10.1. The number of aromatic nitrogens is 2. The van der Waals surface area contributed by atoms with E-state index in [0.29, 0.717) is 16.8 Å². The van der Waals surface area contributed by atoms with E-state index in [1.807, 2.05) is 29.6 Å². The highest BCUT2D eigenvalue weighted by molar-refractivity contribution is 7.13. The Kier molecular flexibility index (Phi) is 4.37. The van der Waals surface area contributed by atoms with Crippen LogP contribution < -0.4 is 4.74 Å². The topological polar surface area (TPSA) is 68.5 Å². The number of ether oxygens (including phenoxy) is 1. The maximum atomic E-state index is 12.3. The van der Waals surface area contributed by atoms with E-state index in [0.717, 1.165) is 27.4 Å². The summed E-state index contributed by atoms with van der Waals surface area (Å²) >= 11 is 1.53. The van der Waals surface area contributed by atoms with Crippen molar-refractivity contribution >= 4 is 28.2 Å². The molecule has 0 saturated carbocycles. The third kappa shape index (κ3) is 3.17. The zero-order valence-corrected chi connectivity index (χ0v) is 15.9. The summed E-state index contributed by atoms with van der Waals surface area (Å²) in [5, 5.41) is 7.76. The molecule has 2 heterocycles. The van der Waals surface area contributed by atoms with Crippen molar-refractivity contribution in [2.75, 3.05) is 21.2 Å². The summed E-state index contributed by atoms with van der Waals surface area (Å²) in [7, 11) is 5.09. The van der Waals surface area contributed by atoms with Crippen LogP contribution in [0.25, 0.3) is 32.9 Å². The van der Waals surface area contributed by atoms with Crippen LogP contribution in [0.2, 0.25) is 0 Å². The SMILES string of the molecule is COc1ccc(-c2nc(-c3noc4ccc(C(=O)N(C)C)cc34)cs2)cc1. The van der Waals surface area contributed by atoms with Crippen LogP contribution in [-0.2, 0) is 0 Å². The Morgan fingerprint density at radius 3 is 2.63 bits per heavy atom. The first-order chi connectivity index (χ1) is 13.1. The lowest BCUT2D eigenvalue weighted by Crippen LogP contribution is -2.21. The number of rotatable bonds is 4. The van der Waals surface area contributed by atoms with E-state index >= 15 is 0 Å². The smallest absolute Gasteiger partial charge is 0.253 e. The summed E-state index contributed by atoms with van der Waals surface area (Å²) in [6.07, 6.45) is 0. The lowest BCUT2D eigenvalue weighted by molar-refractivity contribution is 0.0828. The van der Waals surface area contributed by atoms with E-state index in [2.05, 4.69) is 5.16 Å². The van der Waals surface area contributed by atoms with Gasteiger partial charge in [0.2, 0.25) is 0 Å². The number of fused-ring (bicyclic) bond motifs is 1. The summed E-state index contributed by atoms with van der Waals surface area (Å²) in [4.78, 5) is 18.5. The van der Waals surface area contributed by atoms with Gasteiger partial charge in [-0.25, -0.2) is 4.98 Å². The van der Waals surface area contributed by atoms with E-state index in [1.165, 1.54) is 11.3 Å². The van der Waals surface area contributed by atoms with Crippen molar-refractivity contribution in [2.24, 2.45) is 0 Å². The largest absolute Gasteiger partial charge is 0.497 e. The molecule has 0 saturated heterocycles. The Morgan fingerprint density at radius 2 is 1.93 bits per heavy atom. The lowest BCUT2D eigenvalue weighted by Gasteiger charge is -2.09. The second-order valence-electron chi connectivity index (χ2n) is 6.21. The van der Waals surface area contributed by atoms with Crippen LogP contribution in [0.5, 0.6) is 5.75 Å². The highest BCUT2D eigenvalue weighted by Crippen LogP contribution is 2.33. The number of thiazole rings is 1. The van der Waals surface area contributed by atoms with Crippen molar-refractivity contribution in [3.8, 4) is 27.7 Å². The van der Waals surface area contributed by atoms with Gasteiger partial charge in [-0.15, -0.1) is 11.3 Å². The van der Waals surface area contributed by atoms with Gasteiger partial charge in [-0.05, 0) is 42.5 Å². The molecule has 0 N–H and O–H groups in total. The van der Waals surface area contributed by atoms with Gasteiger partial charge in [-0.2, -0.15) is 0 Å². The molecule has 0 aliphatic rings. The van der Waals surface area contributed by atoms with Crippen molar-refractivity contribution in [2.45, 2.75) is 0 Å². The number of methoxy groups -OCH3 is 1. The molecule has 0 atom stereocenters. The predicted octanol–water partition coefficient (Wildman–Crippen LogP) is 4.33. The molecule has 0 radical (unpaired) electrons. The van der Waals surface area contributed by atoms with E-state index in [-0.39, 0.29) is 5.91 Å². The molecule has 0 unspecified atom stereocenters. The molecule has 2 aromatic heterocycles. The van der Waals surface area contributed by atoms with Gasteiger partial charge in [0.1, 0.15) is 22.1 Å². The van der Waals surface area contributed by atoms with Crippen LogP contribution in [-0.4, -0.2) is 42.2 Å². The molecule has 0 fully saturated rings. The van der Waals surface area contributed by atoms with Crippen molar-refractivity contribution in [3.63, 3.8) is 0 Å². The zero-order valence-electron chi connectivity index (χ0n) is 15.1. The van der Waals surface area contributed by atoms with Crippen LogP contribution in [0.3, 0.4) is 0 Å². The number of hydrogen-bond acceptors (Lipinski definition) is 6. The standard InChI is InChI=1S/C20H17N3O3S/c1-23(2)20(24)13-6-9-17-15(10-13)18(22-26-17)16-11-27-19(21-16)12-4-7-14(25-3)8-5-12/h4-11H,1-3H3. The Morgan fingerprint density at radius 1 is 1.15 bits per heavy atom. The number of nitrogens with zero attached hydrogens (tertiary/aromatic N) is 3. The van der Waals surface area contributed by atoms with Gasteiger partial charge in [0, 0.05) is 30.6 Å². The fraction of sp³-hybridized carbons (Fsp3) is 0.150. The van der Waals surface area contributed by atoms with Crippen molar-refractivity contribution < 1.29 is 14.1 Å². The van der Waals surface area contributed by atoms with Crippen molar-refractivity contribution in [1.82, 2.24) is 15.0 Å². The Labute approximate surface area is 160 Å². The average molecular weight is 379 g/mol. The highest BCUT2D eigenvalue weighted by Gasteiger charge is 2.17. The minimum Gasteiger partial charge on any atom is -0.497 e. The molecule has 0 bridgehead atoms. The Balaban J connectivity index is 1.73. The monoisotopic (exact) mass is 379 g/mol. The minimum absolute atomic E-state index is 0.0683. The number of carbonyl (C=O) groups excluding carboxylic acids is 1. The quantitative estimate of drug-likeness (QED) is 0.528. The fourth-order valence-corrected chi connectivity index (χ4v) is 3.57. The average Bonchev–Trinajstić information content (AvgIpc) is 3.33. The van der Waals surface area contributed by atoms with Crippen LogP contribution in [0.15, 0.2) is 52.4 Å². The van der Waals surface area contributed by atoms with Gasteiger partial charge in [0.05, 0.1) is 12.5 Å². The second-order valence-corrected chi connectivity index (χ2v) is 7.07. The van der Waals surface area contributed by atoms with Crippen molar-refractivity contribution in [3.05, 3.63) is 53.4 Å². The van der Waals surface area contributed by atoms with E-state index < -0.39 is 0 Å². The summed E-state index contributed by atoms with van der Waals surface area (Å²) in [5.74, 6) is 0.734. The molecular weight excluding hydrogens is 362 g/mol. The molecular formula is C20H17N3O3S. The molecule has 7 heteroatoms. The van der Waals surface area contributed by atoms with E-state index in [9.17, 15) is 4.79 Å². The number of carbonyl (C=O) groups is 1. The first kappa shape index (κ1) is 17.2. The maximum absolute atomic E-state index is 12.3. The molecule has 0 aliphatic heterocycles. The number of amides is 1. The third-order valence-electron chi connectivity index (χ3n) is 4.21. The van der Waals surface area contributed by atoms with Gasteiger partial charge in [-0.3, -0.25) is 4.79 Å². The van der Waals surface area contributed by atoms with Crippen LogP contribution in [0.4, 0.5) is 0 Å². The summed E-state index contributed by atoms with van der Waals surface area (Å²) in [5.41, 5.74) is 3.57.